The van der Waals surface area contributed by atoms with Crippen LogP contribution in [0.25, 0.3) is 0 Å². The van der Waals surface area contributed by atoms with E-state index in [2.05, 4.69) is 66.5 Å². The van der Waals surface area contributed by atoms with Gasteiger partial charge in [-0.25, -0.2) is 0 Å². The lowest BCUT2D eigenvalue weighted by Crippen LogP contribution is -2.33. The molecule has 1 saturated heterocycles. The van der Waals surface area contributed by atoms with Gasteiger partial charge in [-0.3, -0.25) is 4.98 Å². The molecule has 0 amide bonds. The van der Waals surface area contributed by atoms with Crippen molar-refractivity contribution in [3.8, 4) is 0 Å². The summed E-state index contributed by atoms with van der Waals surface area (Å²) in [7, 11) is 0. The molecule has 0 spiro atoms. The molecule has 2 aromatic heterocycles. The Bertz CT molecular complexity index is 751. The Labute approximate surface area is 156 Å². The molecule has 4 nitrogen and oxygen atoms in total. The summed E-state index contributed by atoms with van der Waals surface area (Å²) in [6, 6.07) is 8.67. The Morgan fingerprint density at radius 2 is 2.04 bits per heavy atom. The normalized spacial score (nSPS) is 20.4. The van der Waals surface area contributed by atoms with Gasteiger partial charge in [0.05, 0.1) is 17.8 Å². The minimum atomic E-state index is 0.0817. The molecule has 25 heavy (non-hydrogen) atoms. The summed E-state index contributed by atoms with van der Waals surface area (Å²) in [6.07, 6.45) is 1.86. The fourth-order valence-electron chi connectivity index (χ4n) is 3.95. The van der Waals surface area contributed by atoms with Gasteiger partial charge in [-0.2, -0.15) is 0 Å². The third-order valence-electron chi connectivity index (χ3n) is 5.01. The van der Waals surface area contributed by atoms with Crippen LogP contribution in [0.2, 0.25) is 0 Å². The van der Waals surface area contributed by atoms with Crippen molar-refractivity contribution < 1.29 is 0 Å². The van der Waals surface area contributed by atoms with Crippen LogP contribution >= 0.6 is 12.2 Å². The molecule has 2 aromatic rings. The van der Waals surface area contributed by atoms with Gasteiger partial charge >= 0.3 is 0 Å². The molecule has 0 aliphatic carbocycles. The Hall–Kier alpha value is -1.88. The van der Waals surface area contributed by atoms with Crippen LogP contribution in [-0.2, 0) is 6.54 Å². The maximum absolute atomic E-state index is 5.70. The first-order valence-electron chi connectivity index (χ1n) is 9.08. The number of aromatic nitrogens is 2. The molecule has 1 aliphatic heterocycles. The third kappa shape index (κ3) is 3.30. The van der Waals surface area contributed by atoms with Crippen molar-refractivity contribution in [3.05, 3.63) is 53.1 Å². The molecule has 0 radical (unpaired) electrons. The van der Waals surface area contributed by atoms with Crippen molar-refractivity contribution in [2.24, 2.45) is 5.92 Å². The Kier molecular flexibility index (Phi) is 5.13. The molecule has 1 fully saturated rings. The SMILES string of the molecule is CCn1c(C)cc([C@@H]2[C@H](c3ccccn3)NC(=S)N2CC(C)C)c1C. The summed E-state index contributed by atoms with van der Waals surface area (Å²) in [5, 5.41) is 4.36. The summed E-state index contributed by atoms with van der Waals surface area (Å²) in [6.45, 7) is 13.0. The van der Waals surface area contributed by atoms with E-state index >= 15 is 0 Å². The van der Waals surface area contributed by atoms with E-state index in [0.717, 1.165) is 23.9 Å². The summed E-state index contributed by atoms with van der Waals surface area (Å²) in [4.78, 5) is 6.96. The standard InChI is InChI=1S/C20H28N4S/c1-6-23-14(4)11-16(15(23)5)19-18(17-9-7-8-10-21-17)22-20(25)24(19)12-13(2)3/h7-11,13,18-19H,6,12H2,1-5H3,(H,22,25)/t18-,19+/m0/s1. The molecule has 134 valence electrons. The number of nitrogens with one attached hydrogen (secondary N) is 1. The van der Waals surface area contributed by atoms with Crippen molar-refractivity contribution in [1.82, 2.24) is 19.8 Å². The first-order chi connectivity index (χ1) is 11.9. The van der Waals surface area contributed by atoms with Crippen molar-refractivity contribution in [2.45, 2.75) is 53.2 Å². The van der Waals surface area contributed by atoms with E-state index < -0.39 is 0 Å². The van der Waals surface area contributed by atoms with Gasteiger partial charge in [0.2, 0.25) is 0 Å². The highest BCUT2D eigenvalue weighted by Gasteiger charge is 2.41. The first-order valence-corrected chi connectivity index (χ1v) is 9.49. The summed E-state index contributed by atoms with van der Waals surface area (Å²) in [5.74, 6) is 0.541. The van der Waals surface area contributed by atoms with Crippen LogP contribution in [0.4, 0.5) is 0 Å². The molecule has 0 unspecified atom stereocenters. The minimum Gasteiger partial charge on any atom is -0.352 e. The van der Waals surface area contributed by atoms with E-state index in [4.69, 9.17) is 12.2 Å². The molecule has 0 bridgehead atoms. The smallest absolute Gasteiger partial charge is 0.170 e. The third-order valence-corrected chi connectivity index (χ3v) is 5.36. The number of thiocarbonyl (C=S) groups is 1. The number of pyridine rings is 1. The zero-order valence-corrected chi connectivity index (χ0v) is 16.6. The van der Waals surface area contributed by atoms with E-state index in [1.807, 2.05) is 18.3 Å². The zero-order chi connectivity index (χ0) is 18.1. The van der Waals surface area contributed by atoms with Gasteiger partial charge < -0.3 is 14.8 Å². The van der Waals surface area contributed by atoms with Gasteiger partial charge in [0.15, 0.2) is 5.11 Å². The van der Waals surface area contributed by atoms with Gasteiger partial charge in [-0.05, 0) is 62.7 Å². The van der Waals surface area contributed by atoms with Crippen LogP contribution in [0.5, 0.6) is 0 Å². The number of hydrogen-bond acceptors (Lipinski definition) is 2. The van der Waals surface area contributed by atoms with Gasteiger partial charge in [0.25, 0.3) is 0 Å². The van der Waals surface area contributed by atoms with Crippen molar-refractivity contribution >= 4 is 17.3 Å². The minimum absolute atomic E-state index is 0.0817. The maximum atomic E-state index is 5.70. The second kappa shape index (κ2) is 7.16. The lowest BCUT2D eigenvalue weighted by molar-refractivity contribution is 0.286. The summed E-state index contributed by atoms with van der Waals surface area (Å²) in [5.41, 5.74) is 5.02. The molecular formula is C20H28N4S. The van der Waals surface area contributed by atoms with E-state index in [0.29, 0.717) is 5.92 Å². The number of aryl methyl sites for hydroxylation is 1. The average Bonchev–Trinajstić information content (AvgIpc) is 3.04. The largest absolute Gasteiger partial charge is 0.352 e. The highest BCUT2D eigenvalue weighted by atomic mass is 32.1. The Morgan fingerprint density at radius 3 is 2.60 bits per heavy atom. The van der Waals surface area contributed by atoms with E-state index in [1.54, 1.807) is 0 Å². The molecule has 5 heteroatoms. The maximum Gasteiger partial charge on any atom is 0.170 e. The van der Waals surface area contributed by atoms with Crippen LogP contribution in [0.3, 0.4) is 0 Å². The van der Waals surface area contributed by atoms with Crippen LogP contribution in [0.1, 0.15) is 55.5 Å². The van der Waals surface area contributed by atoms with Crippen LogP contribution in [0.15, 0.2) is 30.5 Å². The lowest BCUT2D eigenvalue weighted by Gasteiger charge is -2.29. The quantitative estimate of drug-likeness (QED) is 0.816. The van der Waals surface area contributed by atoms with E-state index in [-0.39, 0.29) is 12.1 Å². The fraction of sp³-hybridized carbons (Fsp3) is 0.500. The van der Waals surface area contributed by atoms with Gasteiger partial charge in [0, 0.05) is 30.7 Å². The van der Waals surface area contributed by atoms with Gasteiger partial charge in [0.1, 0.15) is 0 Å². The van der Waals surface area contributed by atoms with Crippen molar-refractivity contribution in [2.75, 3.05) is 6.54 Å². The van der Waals surface area contributed by atoms with Gasteiger partial charge in [-0.1, -0.05) is 19.9 Å². The molecule has 0 aromatic carbocycles. The average molecular weight is 357 g/mol. The zero-order valence-electron chi connectivity index (χ0n) is 15.8. The van der Waals surface area contributed by atoms with Crippen molar-refractivity contribution in [3.63, 3.8) is 0 Å². The Morgan fingerprint density at radius 1 is 1.28 bits per heavy atom. The van der Waals surface area contributed by atoms with Crippen LogP contribution in [0, 0.1) is 19.8 Å². The fourth-order valence-corrected chi connectivity index (χ4v) is 4.26. The summed E-state index contributed by atoms with van der Waals surface area (Å²) >= 11 is 5.70. The first kappa shape index (κ1) is 17.9. The molecular weight excluding hydrogens is 328 g/mol. The van der Waals surface area contributed by atoms with Gasteiger partial charge in [-0.15, -0.1) is 0 Å². The highest BCUT2D eigenvalue weighted by molar-refractivity contribution is 7.80. The van der Waals surface area contributed by atoms with Crippen LogP contribution < -0.4 is 5.32 Å². The molecule has 2 atom stereocenters. The molecule has 1 N–H and O–H groups in total. The lowest BCUT2D eigenvalue weighted by atomic mass is 9.96. The summed E-state index contributed by atoms with van der Waals surface area (Å²) < 4.78 is 2.37. The van der Waals surface area contributed by atoms with E-state index in [9.17, 15) is 0 Å². The second-order valence-electron chi connectivity index (χ2n) is 7.24. The Balaban J connectivity index is 2.09. The highest BCUT2D eigenvalue weighted by Crippen LogP contribution is 2.41. The molecule has 1 aliphatic rings. The molecule has 3 rings (SSSR count). The topological polar surface area (TPSA) is 33.1 Å². The van der Waals surface area contributed by atoms with Crippen molar-refractivity contribution in [1.29, 1.82) is 0 Å². The van der Waals surface area contributed by atoms with E-state index in [1.165, 1.54) is 17.0 Å². The predicted molar refractivity (Wildman–Crippen MR) is 107 cm³/mol. The number of nitrogens with zero attached hydrogens (tertiary/aromatic N) is 3. The number of rotatable bonds is 5. The molecule has 0 saturated carbocycles. The monoisotopic (exact) mass is 356 g/mol. The predicted octanol–water partition coefficient (Wildman–Crippen LogP) is 4.15. The molecule has 3 heterocycles. The number of hydrogen-bond donors (Lipinski definition) is 1. The van der Waals surface area contributed by atoms with Crippen LogP contribution in [-0.4, -0.2) is 26.1 Å². The second-order valence-corrected chi connectivity index (χ2v) is 7.63.